The molecule has 0 radical (unpaired) electrons. The number of sulfonamides is 1. The second kappa shape index (κ2) is 6.76. The van der Waals surface area contributed by atoms with E-state index in [1.165, 1.54) is 6.20 Å². The first-order valence-electron chi connectivity index (χ1n) is 7.30. The molecular weight excluding hydrogens is 306 g/mol. The number of rotatable bonds is 5. The molecule has 2 N–H and O–H groups in total. The van der Waals surface area contributed by atoms with Gasteiger partial charge in [-0.05, 0) is 13.8 Å². The number of piperazine rings is 1. The smallest absolute Gasteiger partial charge is 0.259 e. The molecule has 1 aliphatic rings. The van der Waals surface area contributed by atoms with Gasteiger partial charge in [0.15, 0.2) is 5.03 Å². The summed E-state index contributed by atoms with van der Waals surface area (Å²) in [6.07, 6.45) is 1.61. The molecular formula is C13H23N5O3S. The van der Waals surface area contributed by atoms with E-state index in [4.69, 9.17) is 0 Å². The van der Waals surface area contributed by atoms with Gasteiger partial charge in [-0.15, -0.1) is 0 Å². The number of nitrogens with zero attached hydrogens (tertiary/aromatic N) is 3. The fraction of sp³-hybridized carbons (Fsp3) is 0.692. The minimum atomic E-state index is -3.66. The molecule has 8 nitrogen and oxygen atoms in total. The van der Waals surface area contributed by atoms with Crippen LogP contribution in [0, 0.1) is 6.92 Å². The molecule has 0 aliphatic carbocycles. The molecule has 0 spiro atoms. The van der Waals surface area contributed by atoms with Crippen LogP contribution in [0.4, 0.5) is 0 Å². The van der Waals surface area contributed by atoms with Crippen LogP contribution in [-0.2, 0) is 21.9 Å². The molecule has 2 rings (SSSR count). The summed E-state index contributed by atoms with van der Waals surface area (Å²) in [7, 11) is -1.93. The zero-order valence-electron chi connectivity index (χ0n) is 13.2. The van der Waals surface area contributed by atoms with Crippen LogP contribution in [0.5, 0.6) is 0 Å². The first kappa shape index (κ1) is 16.9. The van der Waals surface area contributed by atoms with Crippen molar-refractivity contribution in [2.45, 2.75) is 31.3 Å². The van der Waals surface area contributed by atoms with Crippen molar-refractivity contribution in [2.75, 3.05) is 26.2 Å². The lowest BCUT2D eigenvalue weighted by molar-refractivity contribution is -0.132. The van der Waals surface area contributed by atoms with Gasteiger partial charge in [0.1, 0.15) is 5.82 Å². The quantitative estimate of drug-likeness (QED) is 0.738. The monoisotopic (exact) mass is 329 g/mol. The van der Waals surface area contributed by atoms with Crippen molar-refractivity contribution >= 4 is 15.9 Å². The standard InChI is InChI=1S/C13H23N5O3S/c1-10-8-18(7-6-14-10)13(19)4-5-15-22(20,21)12-9-17(3)11(2)16-12/h9-10,14-15H,4-8H2,1-3H3. The highest BCUT2D eigenvalue weighted by Crippen LogP contribution is 2.07. The van der Waals surface area contributed by atoms with Crippen LogP contribution in [0.25, 0.3) is 0 Å². The normalized spacial score (nSPS) is 19.4. The molecule has 1 aromatic heterocycles. The Morgan fingerprint density at radius 1 is 1.55 bits per heavy atom. The van der Waals surface area contributed by atoms with E-state index < -0.39 is 10.0 Å². The van der Waals surface area contributed by atoms with Crippen molar-refractivity contribution in [1.29, 1.82) is 0 Å². The third-order valence-corrected chi connectivity index (χ3v) is 5.05. The van der Waals surface area contributed by atoms with Gasteiger partial charge < -0.3 is 14.8 Å². The number of aromatic nitrogens is 2. The Labute approximate surface area is 130 Å². The zero-order chi connectivity index (χ0) is 16.3. The van der Waals surface area contributed by atoms with Crippen molar-refractivity contribution < 1.29 is 13.2 Å². The Morgan fingerprint density at radius 2 is 2.27 bits per heavy atom. The molecule has 124 valence electrons. The van der Waals surface area contributed by atoms with Crippen LogP contribution in [0.1, 0.15) is 19.2 Å². The highest BCUT2D eigenvalue weighted by atomic mass is 32.2. The minimum Gasteiger partial charge on any atom is -0.340 e. The fourth-order valence-electron chi connectivity index (χ4n) is 2.34. The summed E-state index contributed by atoms with van der Waals surface area (Å²) >= 11 is 0. The van der Waals surface area contributed by atoms with Gasteiger partial charge >= 0.3 is 0 Å². The third-order valence-electron chi connectivity index (χ3n) is 3.71. The van der Waals surface area contributed by atoms with Crippen LogP contribution >= 0.6 is 0 Å². The molecule has 1 fully saturated rings. The van der Waals surface area contributed by atoms with Gasteiger partial charge in [-0.3, -0.25) is 4.79 Å². The molecule has 2 heterocycles. The average molecular weight is 329 g/mol. The summed E-state index contributed by atoms with van der Waals surface area (Å²) in [5.41, 5.74) is 0. The van der Waals surface area contributed by atoms with Crippen LogP contribution in [-0.4, -0.2) is 61.0 Å². The molecule has 0 bridgehead atoms. The first-order valence-corrected chi connectivity index (χ1v) is 8.78. The van der Waals surface area contributed by atoms with Gasteiger partial charge in [0.25, 0.3) is 10.0 Å². The number of imidazole rings is 1. The van der Waals surface area contributed by atoms with Crippen LogP contribution in [0.3, 0.4) is 0 Å². The lowest BCUT2D eigenvalue weighted by atomic mass is 10.2. The minimum absolute atomic E-state index is 0.0178. The summed E-state index contributed by atoms with van der Waals surface area (Å²) in [4.78, 5) is 17.8. The van der Waals surface area contributed by atoms with E-state index in [0.717, 1.165) is 6.54 Å². The van der Waals surface area contributed by atoms with Crippen LogP contribution < -0.4 is 10.0 Å². The van der Waals surface area contributed by atoms with Gasteiger partial charge in [0.05, 0.1) is 0 Å². The highest BCUT2D eigenvalue weighted by Gasteiger charge is 2.22. The summed E-state index contributed by atoms with van der Waals surface area (Å²) < 4.78 is 28.2. The largest absolute Gasteiger partial charge is 0.340 e. The molecule has 1 saturated heterocycles. The molecule has 1 atom stereocenters. The summed E-state index contributed by atoms with van der Waals surface area (Å²) in [5.74, 6) is 0.583. The number of hydrogen-bond donors (Lipinski definition) is 2. The fourth-order valence-corrected chi connectivity index (χ4v) is 3.41. The van der Waals surface area contributed by atoms with E-state index >= 15 is 0 Å². The number of aryl methyl sites for hydroxylation is 2. The van der Waals surface area contributed by atoms with Crippen LogP contribution in [0.2, 0.25) is 0 Å². The lowest BCUT2D eigenvalue weighted by Crippen LogP contribution is -2.51. The summed E-state index contributed by atoms with van der Waals surface area (Å²) in [6.45, 7) is 5.92. The molecule has 22 heavy (non-hydrogen) atoms. The van der Waals surface area contributed by atoms with E-state index in [2.05, 4.69) is 15.0 Å². The van der Waals surface area contributed by atoms with E-state index in [9.17, 15) is 13.2 Å². The number of nitrogens with one attached hydrogen (secondary N) is 2. The molecule has 1 unspecified atom stereocenters. The highest BCUT2D eigenvalue weighted by molar-refractivity contribution is 7.89. The summed E-state index contributed by atoms with van der Waals surface area (Å²) in [6, 6.07) is 0.269. The maximum absolute atomic E-state index is 12.1. The Kier molecular flexibility index (Phi) is 5.20. The molecule has 1 aromatic rings. The Morgan fingerprint density at radius 3 is 2.86 bits per heavy atom. The topological polar surface area (TPSA) is 96.3 Å². The lowest BCUT2D eigenvalue weighted by Gasteiger charge is -2.32. The van der Waals surface area contributed by atoms with E-state index in [1.807, 2.05) is 6.92 Å². The number of carbonyl (C=O) groups excluding carboxylic acids is 1. The van der Waals surface area contributed by atoms with E-state index in [0.29, 0.717) is 18.9 Å². The Balaban J connectivity index is 1.86. The third kappa shape index (κ3) is 4.05. The van der Waals surface area contributed by atoms with E-state index in [-0.39, 0.29) is 29.9 Å². The first-order chi connectivity index (χ1) is 10.3. The summed E-state index contributed by atoms with van der Waals surface area (Å²) in [5, 5.41) is 3.24. The maximum Gasteiger partial charge on any atom is 0.259 e. The van der Waals surface area contributed by atoms with Crippen molar-refractivity contribution in [2.24, 2.45) is 7.05 Å². The zero-order valence-corrected chi connectivity index (χ0v) is 14.0. The molecule has 1 aliphatic heterocycles. The predicted octanol–water partition coefficient (Wildman–Crippen LogP) is -0.783. The van der Waals surface area contributed by atoms with Gasteiger partial charge in [0.2, 0.25) is 5.91 Å². The Bertz CT molecular complexity index is 621. The molecule has 1 amide bonds. The number of amides is 1. The van der Waals surface area contributed by atoms with E-state index in [1.54, 1.807) is 23.4 Å². The maximum atomic E-state index is 12.1. The van der Waals surface area contributed by atoms with Crippen molar-refractivity contribution in [3.63, 3.8) is 0 Å². The van der Waals surface area contributed by atoms with Gasteiger partial charge in [-0.1, -0.05) is 0 Å². The molecule has 9 heteroatoms. The van der Waals surface area contributed by atoms with Gasteiger partial charge in [-0.25, -0.2) is 18.1 Å². The predicted molar refractivity (Wildman–Crippen MR) is 81.8 cm³/mol. The SMILES string of the molecule is Cc1nc(S(=O)(=O)NCCC(=O)N2CCNC(C)C2)cn1C. The molecule has 0 saturated carbocycles. The van der Waals surface area contributed by atoms with Crippen LogP contribution in [0.15, 0.2) is 11.2 Å². The average Bonchev–Trinajstić information content (AvgIpc) is 2.79. The molecule has 0 aromatic carbocycles. The number of carbonyl (C=O) groups is 1. The van der Waals surface area contributed by atoms with Crippen molar-refractivity contribution in [1.82, 2.24) is 24.5 Å². The number of hydrogen-bond acceptors (Lipinski definition) is 5. The van der Waals surface area contributed by atoms with Gasteiger partial charge in [-0.2, -0.15) is 0 Å². The van der Waals surface area contributed by atoms with Crippen molar-refractivity contribution in [3.05, 3.63) is 12.0 Å². The van der Waals surface area contributed by atoms with Gasteiger partial charge in [0, 0.05) is 51.9 Å². The second-order valence-corrected chi connectivity index (χ2v) is 7.29. The second-order valence-electron chi connectivity index (χ2n) is 5.58. The Hall–Kier alpha value is -1.45. The van der Waals surface area contributed by atoms with Crippen molar-refractivity contribution in [3.8, 4) is 0 Å².